The maximum absolute atomic E-state index is 11.3. The molecule has 1 N–H and O–H groups in total. The summed E-state index contributed by atoms with van der Waals surface area (Å²) in [7, 11) is 0. The van der Waals surface area contributed by atoms with Gasteiger partial charge in [0.15, 0.2) is 0 Å². The van der Waals surface area contributed by atoms with E-state index < -0.39 is 0 Å². The van der Waals surface area contributed by atoms with Gasteiger partial charge in [-0.25, -0.2) is 4.98 Å². The van der Waals surface area contributed by atoms with Crippen LogP contribution in [-0.4, -0.2) is 21.5 Å². The van der Waals surface area contributed by atoms with Crippen LogP contribution < -0.4 is 5.32 Å². The number of amides is 1. The molecule has 4 nitrogen and oxygen atoms in total. The fourth-order valence-corrected chi connectivity index (χ4v) is 1.34. The summed E-state index contributed by atoms with van der Waals surface area (Å²) in [5, 5.41) is 2.87. The van der Waals surface area contributed by atoms with Gasteiger partial charge in [0.25, 0.3) is 0 Å². The molecule has 0 bridgehead atoms. The van der Waals surface area contributed by atoms with Crippen LogP contribution in [0.2, 0.25) is 0 Å². The number of nitrogens with zero attached hydrogens (tertiary/aromatic N) is 2. The van der Waals surface area contributed by atoms with Crippen LogP contribution >= 0.6 is 0 Å². The summed E-state index contributed by atoms with van der Waals surface area (Å²) in [6, 6.07) is 0.237. The largest absolute Gasteiger partial charge is 0.354 e. The summed E-state index contributed by atoms with van der Waals surface area (Å²) < 4.78 is 1.97. The molecule has 0 aliphatic heterocycles. The van der Waals surface area contributed by atoms with E-state index in [0.29, 0.717) is 6.42 Å². The number of hydrogen-bond donors (Lipinski definition) is 1. The molecule has 83 valence electrons. The Morgan fingerprint density at radius 3 is 2.93 bits per heavy atom. The summed E-state index contributed by atoms with van der Waals surface area (Å²) in [6.45, 7) is 4.85. The molecule has 1 aromatic rings. The van der Waals surface area contributed by atoms with Crippen molar-refractivity contribution >= 4 is 5.91 Å². The van der Waals surface area contributed by atoms with Gasteiger partial charge in [-0.3, -0.25) is 4.79 Å². The van der Waals surface area contributed by atoms with Crippen LogP contribution in [0, 0.1) is 6.20 Å². The fourth-order valence-electron chi connectivity index (χ4n) is 1.34. The first kappa shape index (κ1) is 11.8. The minimum Gasteiger partial charge on any atom is -0.354 e. The molecule has 0 aliphatic carbocycles. The predicted octanol–water partition coefficient (Wildman–Crippen LogP) is 1.38. The van der Waals surface area contributed by atoms with Crippen LogP contribution in [0.5, 0.6) is 0 Å². The second kappa shape index (κ2) is 6.22. The molecule has 0 aliphatic rings. The highest BCUT2D eigenvalue weighted by Crippen LogP contribution is 1.99. The van der Waals surface area contributed by atoms with Crippen molar-refractivity contribution < 1.29 is 4.79 Å². The van der Waals surface area contributed by atoms with Crippen LogP contribution in [0.1, 0.15) is 33.1 Å². The Morgan fingerprint density at radius 1 is 1.53 bits per heavy atom. The Kier molecular flexibility index (Phi) is 4.87. The second-order valence-electron chi connectivity index (χ2n) is 3.92. The molecule has 1 heterocycles. The maximum Gasteiger partial charge on any atom is 0.220 e. The summed E-state index contributed by atoms with van der Waals surface area (Å²) in [5.41, 5.74) is 0. The summed E-state index contributed by atoms with van der Waals surface area (Å²) in [6.07, 6.45) is 8.81. The predicted molar refractivity (Wildman–Crippen MR) is 58.2 cm³/mol. The van der Waals surface area contributed by atoms with E-state index in [9.17, 15) is 4.79 Å². The van der Waals surface area contributed by atoms with Crippen molar-refractivity contribution in [1.82, 2.24) is 14.9 Å². The van der Waals surface area contributed by atoms with E-state index in [1.165, 1.54) is 0 Å². The number of rotatable bonds is 6. The maximum atomic E-state index is 11.3. The van der Waals surface area contributed by atoms with Crippen molar-refractivity contribution in [2.24, 2.45) is 0 Å². The molecular formula is C11H18N3O. The number of aromatic nitrogens is 2. The smallest absolute Gasteiger partial charge is 0.220 e. The molecule has 0 aromatic carbocycles. The number of hydrogen-bond acceptors (Lipinski definition) is 2. The van der Waals surface area contributed by atoms with Crippen LogP contribution in [0.3, 0.4) is 0 Å². The zero-order valence-corrected chi connectivity index (χ0v) is 9.36. The summed E-state index contributed by atoms with van der Waals surface area (Å²) in [4.78, 5) is 15.1. The monoisotopic (exact) mass is 208 g/mol. The van der Waals surface area contributed by atoms with Crippen molar-refractivity contribution in [1.29, 1.82) is 0 Å². The highest BCUT2D eigenvalue weighted by Gasteiger charge is 2.02. The van der Waals surface area contributed by atoms with Crippen molar-refractivity contribution in [2.75, 3.05) is 0 Å². The van der Waals surface area contributed by atoms with E-state index in [2.05, 4.69) is 16.5 Å². The molecule has 1 rings (SSSR count). The zero-order chi connectivity index (χ0) is 11.1. The van der Waals surface area contributed by atoms with E-state index in [4.69, 9.17) is 0 Å². The van der Waals surface area contributed by atoms with Gasteiger partial charge < -0.3 is 9.88 Å². The van der Waals surface area contributed by atoms with Crippen LogP contribution in [0.4, 0.5) is 0 Å². The molecule has 4 heteroatoms. The third-order valence-corrected chi connectivity index (χ3v) is 2.02. The third-order valence-electron chi connectivity index (χ3n) is 2.02. The van der Waals surface area contributed by atoms with E-state index in [1.54, 1.807) is 6.33 Å². The Bertz CT molecular complexity index is 280. The quantitative estimate of drug-likeness (QED) is 0.718. The fraction of sp³-hybridized carbons (Fsp3) is 0.636. The molecule has 0 saturated heterocycles. The first-order valence-corrected chi connectivity index (χ1v) is 5.35. The van der Waals surface area contributed by atoms with Crippen molar-refractivity contribution in [3.8, 4) is 0 Å². The molecule has 0 atom stereocenters. The molecule has 1 amide bonds. The molecule has 0 saturated carbocycles. The average molecular weight is 208 g/mol. The molecule has 15 heavy (non-hydrogen) atoms. The van der Waals surface area contributed by atoms with Gasteiger partial charge >= 0.3 is 0 Å². The highest BCUT2D eigenvalue weighted by atomic mass is 16.1. The van der Waals surface area contributed by atoms with Gasteiger partial charge in [-0.1, -0.05) is 0 Å². The molecule has 1 aromatic heterocycles. The van der Waals surface area contributed by atoms with Crippen LogP contribution in [0.15, 0.2) is 12.5 Å². The Labute approximate surface area is 90.7 Å². The molecule has 0 spiro atoms. The lowest BCUT2D eigenvalue weighted by molar-refractivity contribution is -0.121. The van der Waals surface area contributed by atoms with Gasteiger partial charge in [-0.15, -0.1) is 0 Å². The molecular weight excluding hydrogens is 190 g/mol. The lowest BCUT2D eigenvalue weighted by Crippen LogP contribution is -2.29. The van der Waals surface area contributed by atoms with Gasteiger partial charge in [0.2, 0.25) is 5.91 Å². The van der Waals surface area contributed by atoms with Gasteiger partial charge in [0.1, 0.15) is 6.20 Å². The highest BCUT2D eigenvalue weighted by molar-refractivity contribution is 5.76. The molecule has 0 fully saturated rings. The van der Waals surface area contributed by atoms with Gasteiger partial charge in [-0.2, -0.15) is 0 Å². The number of carbonyl (C=O) groups is 1. The first-order valence-electron chi connectivity index (χ1n) is 5.35. The third kappa shape index (κ3) is 5.20. The van der Waals surface area contributed by atoms with Gasteiger partial charge in [-0.05, 0) is 26.7 Å². The van der Waals surface area contributed by atoms with Crippen LogP contribution in [-0.2, 0) is 11.3 Å². The van der Waals surface area contributed by atoms with Crippen LogP contribution in [0.25, 0.3) is 0 Å². The van der Waals surface area contributed by atoms with E-state index >= 15 is 0 Å². The number of carbonyl (C=O) groups excluding carboxylic acids is 1. The van der Waals surface area contributed by atoms with Gasteiger partial charge in [0.05, 0.1) is 6.33 Å². The lowest BCUT2D eigenvalue weighted by atomic mass is 10.2. The standard InChI is InChI=1S/C11H18N3O/c1-10(2)13-11(15)5-3-4-7-14-8-6-12-9-14/h8-10H,3-5,7H2,1-2H3,(H,13,15). The zero-order valence-electron chi connectivity index (χ0n) is 9.36. The normalized spacial score (nSPS) is 10.6. The minimum absolute atomic E-state index is 0.141. The summed E-state index contributed by atoms with van der Waals surface area (Å²) >= 11 is 0. The Balaban J connectivity index is 2.04. The van der Waals surface area contributed by atoms with Crippen molar-refractivity contribution in [3.05, 3.63) is 18.7 Å². The summed E-state index contributed by atoms with van der Waals surface area (Å²) in [5.74, 6) is 0.141. The average Bonchev–Trinajstić information content (AvgIpc) is 2.63. The van der Waals surface area contributed by atoms with Crippen molar-refractivity contribution in [2.45, 2.75) is 45.7 Å². The molecule has 1 radical (unpaired) electrons. The van der Waals surface area contributed by atoms with Gasteiger partial charge in [0, 0.05) is 25.2 Å². The topological polar surface area (TPSA) is 46.9 Å². The number of aryl methyl sites for hydroxylation is 1. The number of nitrogens with one attached hydrogen (secondary N) is 1. The molecule has 0 unspecified atom stereocenters. The first-order chi connectivity index (χ1) is 7.18. The number of imidazole rings is 1. The number of unbranched alkanes of at least 4 members (excludes halogenated alkanes) is 1. The Morgan fingerprint density at radius 2 is 2.33 bits per heavy atom. The second-order valence-corrected chi connectivity index (χ2v) is 3.92. The minimum atomic E-state index is 0.141. The van der Waals surface area contributed by atoms with E-state index in [0.717, 1.165) is 19.4 Å². The Hall–Kier alpha value is -1.32. The SMILES string of the molecule is CC(C)NC(=O)CCCCn1c[c]nc1. The van der Waals surface area contributed by atoms with E-state index in [1.807, 2.05) is 24.6 Å². The lowest BCUT2D eigenvalue weighted by Gasteiger charge is -2.07. The van der Waals surface area contributed by atoms with E-state index in [-0.39, 0.29) is 11.9 Å². The van der Waals surface area contributed by atoms with Crippen molar-refractivity contribution in [3.63, 3.8) is 0 Å².